The Balaban J connectivity index is 1.49. The number of anilines is 2. The summed E-state index contributed by atoms with van der Waals surface area (Å²) in [7, 11) is 0. The Hall–Kier alpha value is -2.93. The van der Waals surface area contributed by atoms with Crippen molar-refractivity contribution >= 4 is 39.4 Å². The molecule has 0 bridgehead atoms. The fourth-order valence-electron chi connectivity index (χ4n) is 4.48. The van der Waals surface area contributed by atoms with Crippen LogP contribution in [-0.4, -0.2) is 99.3 Å². The lowest BCUT2D eigenvalue weighted by Gasteiger charge is -2.35. The van der Waals surface area contributed by atoms with Gasteiger partial charge in [0.05, 0.1) is 29.1 Å². The van der Waals surface area contributed by atoms with Crippen molar-refractivity contribution in [3.8, 4) is 11.3 Å². The van der Waals surface area contributed by atoms with E-state index in [-0.39, 0.29) is 11.9 Å². The summed E-state index contributed by atoms with van der Waals surface area (Å²) in [5, 5.41) is 9.62. The van der Waals surface area contributed by atoms with Gasteiger partial charge in [0.15, 0.2) is 0 Å². The second kappa shape index (κ2) is 9.97. The van der Waals surface area contributed by atoms with Gasteiger partial charge in [-0.2, -0.15) is 0 Å². The van der Waals surface area contributed by atoms with Crippen molar-refractivity contribution in [1.82, 2.24) is 29.7 Å². The summed E-state index contributed by atoms with van der Waals surface area (Å²) in [6, 6.07) is 0. The molecule has 0 radical (unpaired) electrons. The fraction of sp³-hybridized carbons (Fsp3) is 0.522. The molecule has 0 saturated carbocycles. The zero-order valence-corrected chi connectivity index (χ0v) is 20.8. The third-order valence-corrected chi connectivity index (χ3v) is 7.63. The monoisotopic (exact) mass is 498 g/mol. The van der Waals surface area contributed by atoms with E-state index in [0.717, 1.165) is 54.2 Å². The lowest BCUT2D eigenvalue weighted by molar-refractivity contribution is -0.141. The first-order valence-corrected chi connectivity index (χ1v) is 12.6. The van der Waals surface area contributed by atoms with E-state index in [1.807, 2.05) is 0 Å². The molecule has 1 unspecified atom stereocenters. The molecule has 1 amide bonds. The number of amides is 1. The maximum atomic E-state index is 12.1. The first-order chi connectivity index (χ1) is 16.9. The number of aliphatic hydroxyl groups excluding tert-OH is 1. The van der Waals surface area contributed by atoms with Crippen LogP contribution in [-0.2, 0) is 16.1 Å². The van der Waals surface area contributed by atoms with Gasteiger partial charge in [-0.25, -0.2) is 19.9 Å². The molecule has 35 heavy (non-hydrogen) atoms. The number of thiophene rings is 1. The van der Waals surface area contributed by atoms with Crippen molar-refractivity contribution in [2.24, 2.45) is 0 Å². The number of nitrogens with zero attached hydrogens (tertiary/aromatic N) is 7. The third kappa shape index (κ3) is 4.92. The van der Waals surface area contributed by atoms with Gasteiger partial charge in [-0.3, -0.25) is 9.69 Å². The minimum Gasteiger partial charge on any atom is -0.384 e. The average Bonchev–Trinajstić information content (AvgIpc) is 3.19. The topological polar surface area (TPSA) is 134 Å². The predicted octanol–water partition coefficient (Wildman–Crippen LogP) is 0.901. The number of morpholine rings is 1. The van der Waals surface area contributed by atoms with Gasteiger partial charge in [-0.1, -0.05) is 0 Å². The Morgan fingerprint density at radius 2 is 1.83 bits per heavy atom. The van der Waals surface area contributed by atoms with E-state index in [2.05, 4.69) is 26.7 Å². The van der Waals surface area contributed by atoms with Crippen molar-refractivity contribution < 1.29 is 14.6 Å². The molecule has 0 aliphatic carbocycles. The number of piperazine rings is 1. The van der Waals surface area contributed by atoms with Crippen LogP contribution in [0, 0.1) is 6.92 Å². The van der Waals surface area contributed by atoms with Crippen molar-refractivity contribution in [3.05, 3.63) is 22.8 Å². The molecular formula is C23H30N8O3S. The number of hydrogen-bond acceptors (Lipinski definition) is 11. The SMILES string of the molecule is Cc1sc2c(-c3cnc(N)nc3)nc(N3CCOCC3)nc2c1CN1CCN(C(=O)C(C)O)CC1. The van der Waals surface area contributed by atoms with Gasteiger partial charge < -0.3 is 25.4 Å². The summed E-state index contributed by atoms with van der Waals surface area (Å²) >= 11 is 1.68. The number of ether oxygens (including phenoxy) is 1. The van der Waals surface area contributed by atoms with Crippen LogP contribution in [0.5, 0.6) is 0 Å². The van der Waals surface area contributed by atoms with Crippen molar-refractivity contribution in [3.63, 3.8) is 0 Å². The lowest BCUT2D eigenvalue weighted by atomic mass is 10.1. The molecule has 12 heteroatoms. The Labute approximate surface area is 207 Å². The maximum Gasteiger partial charge on any atom is 0.251 e. The highest BCUT2D eigenvalue weighted by atomic mass is 32.1. The molecule has 2 fully saturated rings. The second-order valence-corrected chi connectivity index (χ2v) is 10.1. The van der Waals surface area contributed by atoms with Crippen LogP contribution in [0.2, 0.25) is 0 Å². The summed E-state index contributed by atoms with van der Waals surface area (Å²) < 4.78 is 6.53. The van der Waals surface area contributed by atoms with Gasteiger partial charge in [-0.05, 0) is 13.8 Å². The van der Waals surface area contributed by atoms with Crippen LogP contribution in [0.15, 0.2) is 12.4 Å². The summed E-state index contributed by atoms with van der Waals surface area (Å²) in [6.45, 7) is 9.84. The third-order valence-electron chi connectivity index (χ3n) is 6.48. The van der Waals surface area contributed by atoms with Crippen molar-refractivity contribution in [2.75, 3.05) is 63.1 Å². The minimum absolute atomic E-state index is 0.208. The number of nitrogen functional groups attached to an aromatic ring is 1. The molecule has 1 atom stereocenters. The van der Waals surface area contributed by atoms with Crippen LogP contribution < -0.4 is 10.6 Å². The van der Waals surface area contributed by atoms with Crippen LogP contribution in [0.25, 0.3) is 21.5 Å². The van der Waals surface area contributed by atoms with Crippen LogP contribution >= 0.6 is 11.3 Å². The molecule has 5 heterocycles. The maximum absolute atomic E-state index is 12.1. The molecule has 5 rings (SSSR count). The molecule has 2 aliphatic rings. The van der Waals surface area contributed by atoms with Crippen molar-refractivity contribution in [2.45, 2.75) is 26.5 Å². The van der Waals surface area contributed by atoms with Crippen LogP contribution in [0.3, 0.4) is 0 Å². The average molecular weight is 499 g/mol. The standard InChI is InChI=1S/C23H30N8O3S/c1-14(32)21(33)30-5-3-29(4-6-30)13-17-15(2)35-20-18(16-11-25-22(24)26-12-16)27-23(28-19(17)20)31-7-9-34-10-8-31/h11-12,14,32H,3-10,13H2,1-2H3,(H2,24,25,26). The number of rotatable bonds is 5. The molecular weight excluding hydrogens is 468 g/mol. The molecule has 3 aromatic heterocycles. The largest absolute Gasteiger partial charge is 0.384 e. The number of aromatic nitrogens is 4. The first-order valence-electron chi connectivity index (χ1n) is 11.8. The number of nitrogens with two attached hydrogens (primary N) is 1. The summed E-state index contributed by atoms with van der Waals surface area (Å²) in [5.74, 6) is 0.697. The Morgan fingerprint density at radius 1 is 1.14 bits per heavy atom. The summed E-state index contributed by atoms with van der Waals surface area (Å²) in [4.78, 5) is 37.9. The van der Waals surface area contributed by atoms with E-state index in [0.29, 0.717) is 32.3 Å². The highest BCUT2D eigenvalue weighted by molar-refractivity contribution is 7.19. The van der Waals surface area contributed by atoms with Gasteiger partial charge in [0.1, 0.15) is 6.10 Å². The van der Waals surface area contributed by atoms with Gasteiger partial charge in [0, 0.05) is 74.2 Å². The number of carbonyl (C=O) groups excluding carboxylic acids is 1. The molecule has 2 saturated heterocycles. The molecule has 0 aromatic carbocycles. The minimum atomic E-state index is -0.962. The Morgan fingerprint density at radius 3 is 2.49 bits per heavy atom. The normalized spacial score (nSPS) is 18.3. The smallest absolute Gasteiger partial charge is 0.251 e. The van der Waals surface area contributed by atoms with Gasteiger partial charge >= 0.3 is 0 Å². The molecule has 3 N–H and O–H groups in total. The summed E-state index contributed by atoms with van der Waals surface area (Å²) in [6.07, 6.45) is 2.45. The Kier molecular flexibility index (Phi) is 6.78. The van der Waals surface area contributed by atoms with E-state index in [9.17, 15) is 9.90 Å². The quantitative estimate of drug-likeness (QED) is 0.522. The molecule has 186 valence electrons. The van der Waals surface area contributed by atoms with Crippen LogP contribution in [0.4, 0.5) is 11.9 Å². The zero-order valence-electron chi connectivity index (χ0n) is 20.0. The summed E-state index contributed by atoms with van der Waals surface area (Å²) in [5.41, 5.74) is 9.45. The molecule has 3 aromatic rings. The van der Waals surface area contributed by atoms with E-state index in [4.69, 9.17) is 20.4 Å². The highest BCUT2D eigenvalue weighted by Gasteiger charge is 2.26. The number of aryl methyl sites for hydroxylation is 1. The molecule has 11 nitrogen and oxygen atoms in total. The number of carbonyl (C=O) groups is 1. The molecule has 2 aliphatic heterocycles. The van der Waals surface area contributed by atoms with Crippen molar-refractivity contribution in [1.29, 1.82) is 0 Å². The van der Waals surface area contributed by atoms with Gasteiger partial charge in [0.2, 0.25) is 11.9 Å². The van der Waals surface area contributed by atoms with Gasteiger partial charge in [-0.15, -0.1) is 11.3 Å². The van der Waals surface area contributed by atoms with E-state index in [1.165, 1.54) is 17.4 Å². The number of fused-ring (bicyclic) bond motifs is 1. The highest BCUT2D eigenvalue weighted by Crippen LogP contribution is 2.38. The first kappa shape index (κ1) is 23.8. The fourth-order valence-corrected chi connectivity index (χ4v) is 5.60. The van der Waals surface area contributed by atoms with E-state index < -0.39 is 6.10 Å². The van der Waals surface area contributed by atoms with Gasteiger partial charge in [0.25, 0.3) is 5.91 Å². The zero-order chi connectivity index (χ0) is 24.5. The predicted molar refractivity (Wildman–Crippen MR) is 134 cm³/mol. The lowest BCUT2D eigenvalue weighted by Crippen LogP contribution is -2.50. The second-order valence-electron chi connectivity index (χ2n) is 8.89. The number of aliphatic hydroxyl groups is 1. The Bertz CT molecular complexity index is 1200. The van der Waals surface area contributed by atoms with Crippen LogP contribution in [0.1, 0.15) is 17.4 Å². The molecule has 0 spiro atoms. The number of hydrogen-bond donors (Lipinski definition) is 2. The van der Waals surface area contributed by atoms with E-state index >= 15 is 0 Å². The van der Waals surface area contributed by atoms with E-state index in [1.54, 1.807) is 28.6 Å².